The number of ether oxygens (including phenoxy) is 2. The normalized spacial score (nSPS) is 11.2. The van der Waals surface area contributed by atoms with E-state index in [4.69, 9.17) is 10.8 Å². The van der Waals surface area contributed by atoms with E-state index >= 15 is 0 Å². The fourth-order valence-corrected chi connectivity index (χ4v) is 4.20. The van der Waals surface area contributed by atoms with Gasteiger partial charge in [-0.3, -0.25) is 28.8 Å². The van der Waals surface area contributed by atoms with Crippen LogP contribution in [-0.2, 0) is 58.7 Å². The number of amides is 5. The zero-order chi connectivity index (χ0) is 41.4. The lowest BCUT2D eigenvalue weighted by Crippen LogP contribution is -2.44. The highest BCUT2D eigenvalue weighted by Gasteiger charge is 2.25. The largest absolute Gasteiger partial charge is 0.474 e. The fraction of sp³-hybridized carbons (Fsp3) is 0.459. The first-order chi connectivity index (χ1) is 24.2. The molecule has 308 valence electrons. The quantitative estimate of drug-likeness (QED) is 0.154. The van der Waals surface area contributed by atoms with Crippen LogP contribution in [0.5, 0.6) is 0 Å². The van der Waals surface area contributed by atoms with Gasteiger partial charge in [-0.2, -0.15) is 0 Å². The molecule has 0 saturated heterocycles. The number of hydrogen-bond donors (Lipinski definition) is 7. The summed E-state index contributed by atoms with van der Waals surface area (Å²) in [6.07, 6.45) is 0. The Bertz CT molecular complexity index is 1680. The average molecular weight is 797 g/mol. The molecule has 2 aromatic rings. The van der Waals surface area contributed by atoms with Gasteiger partial charge in [0.25, 0.3) is 0 Å². The molecule has 55 heavy (non-hydrogen) atoms. The summed E-state index contributed by atoms with van der Waals surface area (Å²) in [6.45, 7) is 17.4. The van der Waals surface area contributed by atoms with Crippen LogP contribution in [0.15, 0.2) is 36.4 Å². The molecule has 0 aliphatic rings. The maximum Gasteiger partial charge on any atom is 0.394 e. The summed E-state index contributed by atoms with van der Waals surface area (Å²) in [5.41, 5.74) is 7.79. The molecule has 17 nitrogen and oxygen atoms in total. The predicted octanol–water partition coefficient (Wildman–Crippen LogP) is 4.09. The van der Waals surface area contributed by atoms with E-state index in [1.165, 1.54) is 35.0 Å². The molecule has 0 bridgehead atoms. The van der Waals surface area contributed by atoms with Crippen molar-refractivity contribution in [2.24, 2.45) is 5.73 Å². The van der Waals surface area contributed by atoms with Crippen LogP contribution in [0.4, 0.5) is 22.7 Å². The van der Waals surface area contributed by atoms with Crippen LogP contribution in [0.3, 0.4) is 0 Å². The van der Waals surface area contributed by atoms with Crippen molar-refractivity contribution in [3.63, 3.8) is 0 Å². The van der Waals surface area contributed by atoms with Gasteiger partial charge in [0, 0.05) is 36.6 Å². The smallest absolute Gasteiger partial charge is 0.394 e. The van der Waals surface area contributed by atoms with E-state index in [-0.39, 0.29) is 48.4 Å². The number of hydrogen-bond acceptors (Lipinski definition) is 11. The number of carbonyl (C=O) groups is 8. The minimum atomic E-state index is -1.56. The monoisotopic (exact) mass is 796 g/mol. The van der Waals surface area contributed by atoms with E-state index in [2.05, 4.69) is 36.1 Å². The van der Waals surface area contributed by atoms with E-state index < -0.39 is 41.7 Å². The Balaban J connectivity index is -0.000000828. The third kappa shape index (κ3) is 19.9. The summed E-state index contributed by atoms with van der Waals surface area (Å²) in [7, 11) is 2.50. The molecule has 2 aromatic carbocycles. The zero-order valence-corrected chi connectivity index (χ0v) is 33.5. The highest BCUT2D eigenvalue weighted by atomic mass is 35.5. The lowest BCUT2D eigenvalue weighted by atomic mass is 9.85. The number of nitrogens with two attached hydrogens (primary N) is 1. The first-order valence-corrected chi connectivity index (χ1v) is 16.2. The molecule has 0 saturated carbocycles. The van der Waals surface area contributed by atoms with E-state index in [1.807, 2.05) is 41.5 Å². The minimum Gasteiger partial charge on any atom is -0.474 e. The fourth-order valence-electron chi connectivity index (χ4n) is 4.20. The van der Waals surface area contributed by atoms with Crippen molar-refractivity contribution >= 4 is 82.6 Å². The van der Waals surface area contributed by atoms with E-state index in [1.54, 1.807) is 43.3 Å². The maximum absolute atomic E-state index is 12.2. The molecule has 0 heterocycles. The predicted molar refractivity (Wildman–Crippen MR) is 213 cm³/mol. The lowest BCUT2D eigenvalue weighted by Gasteiger charge is -2.24. The topological polar surface area (TPSA) is 261 Å². The van der Waals surface area contributed by atoms with Crippen LogP contribution in [-0.4, -0.2) is 78.9 Å². The first kappa shape index (κ1) is 53.8. The van der Waals surface area contributed by atoms with Gasteiger partial charge in [0.2, 0.25) is 11.8 Å². The first-order valence-electron chi connectivity index (χ1n) is 16.2. The number of carboxylic acids is 1. The number of carbonyl (C=O) groups excluding carboxylic acids is 7. The summed E-state index contributed by atoms with van der Waals surface area (Å²) in [6, 6.07) is 8.63. The van der Waals surface area contributed by atoms with Crippen LogP contribution < -0.4 is 32.3 Å². The number of methoxy groups -OCH3 is 2. The summed E-state index contributed by atoms with van der Waals surface area (Å²) in [5, 5.41) is 21.0. The molecule has 0 aliphatic carbocycles. The highest BCUT2D eigenvalue weighted by molar-refractivity contribution is 6.40. The van der Waals surface area contributed by atoms with Crippen molar-refractivity contribution in [3.8, 4) is 0 Å². The van der Waals surface area contributed by atoms with Gasteiger partial charge in [0.1, 0.15) is 12.1 Å². The van der Waals surface area contributed by atoms with E-state index in [0.29, 0.717) is 22.7 Å². The Kier molecular flexibility index (Phi) is 23.5. The standard InChI is InChI=1S/C18H25N3O5.C14H18N2O4.C4H9NO2.CH4.ClH/c1-10(17(25)26-6)19-15(23)16(24)21-14-9-12(20-11(2)22)7-8-13(14)18(3,4)5;1-8(17)15-9-5-6-10(14(2,3)4)11(7-9)16-12(18)13(19)20;1-3(5)4(6)7-2;;/h7-10H,1-6H3,(H,19,23)(H,20,22)(H,21,24);5-7H,1-4H3,(H,15,17)(H,16,18)(H,19,20);3H,5H2,1-2H3;1H4;1H/t10-;;3-;;/m0.0../s1. The minimum absolute atomic E-state index is 0. The zero-order valence-electron chi connectivity index (χ0n) is 32.6. The van der Waals surface area contributed by atoms with Gasteiger partial charge in [0.15, 0.2) is 0 Å². The summed E-state index contributed by atoms with van der Waals surface area (Å²) < 4.78 is 8.75. The van der Waals surface area contributed by atoms with Crippen LogP contribution in [0, 0.1) is 0 Å². The Hall–Kier alpha value is -5.55. The molecule has 0 spiro atoms. The second kappa shape index (κ2) is 24.0. The molecular formula is C37H57ClN6O11. The maximum atomic E-state index is 12.2. The van der Waals surface area contributed by atoms with Gasteiger partial charge >= 0.3 is 35.6 Å². The second-order valence-electron chi connectivity index (χ2n) is 13.6. The number of benzene rings is 2. The van der Waals surface area contributed by atoms with Crippen molar-refractivity contribution in [3.05, 3.63) is 47.5 Å². The molecule has 2 atom stereocenters. The Morgan fingerprint density at radius 1 is 0.636 bits per heavy atom. The number of aliphatic carboxylic acids is 1. The van der Waals surface area contributed by atoms with Crippen molar-refractivity contribution < 1.29 is 52.9 Å². The summed E-state index contributed by atoms with van der Waals surface area (Å²) in [5.74, 6) is -6.10. The van der Waals surface area contributed by atoms with E-state index in [0.717, 1.165) is 11.1 Å². The van der Waals surface area contributed by atoms with Crippen LogP contribution in [0.25, 0.3) is 0 Å². The molecule has 8 N–H and O–H groups in total. The van der Waals surface area contributed by atoms with Crippen molar-refractivity contribution in [2.45, 2.75) is 99.6 Å². The lowest BCUT2D eigenvalue weighted by molar-refractivity contribution is -0.147. The number of halogens is 1. The molecule has 0 fully saturated rings. The molecule has 0 radical (unpaired) electrons. The van der Waals surface area contributed by atoms with Crippen LogP contribution in [0.1, 0.15) is 87.8 Å². The molecular weight excluding hydrogens is 740 g/mol. The highest BCUT2D eigenvalue weighted by Crippen LogP contribution is 2.33. The SMILES string of the molecule is C.CC(=O)Nc1ccc(C(C)(C)C)c(NC(=O)C(=O)O)c1.COC(=O)[C@H](C)N.COC(=O)[C@H](C)NC(=O)C(=O)Nc1cc(NC(C)=O)ccc1C(C)(C)C.Cl. The Labute approximate surface area is 328 Å². The van der Waals surface area contributed by atoms with Gasteiger partial charge in [-0.05, 0) is 60.1 Å². The number of anilines is 4. The van der Waals surface area contributed by atoms with Gasteiger partial charge in [-0.1, -0.05) is 61.1 Å². The van der Waals surface area contributed by atoms with Gasteiger partial charge in [-0.25, -0.2) is 9.59 Å². The summed E-state index contributed by atoms with van der Waals surface area (Å²) >= 11 is 0. The summed E-state index contributed by atoms with van der Waals surface area (Å²) in [4.78, 5) is 90.0. The van der Waals surface area contributed by atoms with Crippen LogP contribution >= 0.6 is 12.4 Å². The number of nitrogens with one attached hydrogen (secondary N) is 5. The third-order valence-corrected chi connectivity index (χ3v) is 6.67. The second-order valence-corrected chi connectivity index (χ2v) is 13.6. The molecule has 0 unspecified atom stereocenters. The van der Waals surface area contributed by atoms with E-state index in [9.17, 15) is 38.4 Å². The third-order valence-electron chi connectivity index (χ3n) is 6.67. The number of rotatable bonds is 7. The Morgan fingerprint density at radius 3 is 1.27 bits per heavy atom. The van der Waals surface area contributed by atoms with Crippen molar-refractivity contribution in [1.82, 2.24) is 5.32 Å². The van der Waals surface area contributed by atoms with Crippen molar-refractivity contribution in [2.75, 3.05) is 35.5 Å². The molecule has 5 amide bonds. The van der Waals surface area contributed by atoms with Crippen molar-refractivity contribution in [1.29, 1.82) is 0 Å². The molecule has 18 heteroatoms. The van der Waals surface area contributed by atoms with Gasteiger partial charge in [-0.15, -0.1) is 12.4 Å². The molecule has 0 aromatic heterocycles. The van der Waals surface area contributed by atoms with Crippen LogP contribution in [0.2, 0.25) is 0 Å². The van der Waals surface area contributed by atoms with Gasteiger partial charge in [0.05, 0.1) is 14.2 Å². The average Bonchev–Trinajstić information content (AvgIpc) is 3.02. The molecule has 0 aliphatic heterocycles. The number of esters is 2. The van der Waals surface area contributed by atoms with Gasteiger partial charge < -0.3 is 46.9 Å². The number of carboxylic acid groups (broad SMARTS) is 1. The molecule has 2 rings (SSSR count). The Morgan fingerprint density at radius 2 is 1.00 bits per heavy atom.